The van der Waals surface area contributed by atoms with Gasteiger partial charge in [0.2, 0.25) is 11.9 Å². The molecule has 0 aromatic carbocycles. The zero-order valence-electron chi connectivity index (χ0n) is 11.9. The van der Waals surface area contributed by atoms with Crippen LogP contribution >= 0.6 is 12.4 Å². The van der Waals surface area contributed by atoms with E-state index >= 15 is 0 Å². The first-order chi connectivity index (χ1) is 8.74. The van der Waals surface area contributed by atoms with Crippen LogP contribution in [0.2, 0.25) is 0 Å². The Morgan fingerprint density at radius 2 is 1.84 bits per heavy atom. The molecule has 2 rings (SSSR count). The van der Waals surface area contributed by atoms with Gasteiger partial charge in [-0.1, -0.05) is 19.3 Å². The summed E-state index contributed by atoms with van der Waals surface area (Å²) in [5, 5.41) is 3.46. The van der Waals surface area contributed by atoms with Gasteiger partial charge in [0.1, 0.15) is 6.17 Å². The number of nitrogens with one attached hydrogen (secondary N) is 1. The van der Waals surface area contributed by atoms with E-state index in [4.69, 9.17) is 5.73 Å². The van der Waals surface area contributed by atoms with Crippen molar-refractivity contribution in [3.8, 4) is 0 Å². The van der Waals surface area contributed by atoms with Crippen LogP contribution < -0.4 is 11.1 Å². The molecular formula is C13H26ClN5. The van der Waals surface area contributed by atoms with Gasteiger partial charge < -0.3 is 16.0 Å². The lowest BCUT2D eigenvalue weighted by atomic mass is 9.87. The number of rotatable bonds is 3. The highest BCUT2D eigenvalue weighted by atomic mass is 35.5. The molecule has 110 valence electrons. The Bertz CT molecular complexity index is 332. The molecule has 3 N–H and O–H groups in total. The topological polar surface area (TPSA) is 66.0 Å². The maximum Gasteiger partial charge on any atom is 0.220 e. The first-order valence-electron chi connectivity index (χ1n) is 7.18. The number of nitrogens with zero attached hydrogens (tertiary/aromatic N) is 3. The zero-order valence-corrected chi connectivity index (χ0v) is 12.7. The lowest BCUT2D eigenvalue weighted by Crippen LogP contribution is -2.51. The van der Waals surface area contributed by atoms with Gasteiger partial charge in [0, 0.05) is 13.1 Å². The quantitative estimate of drug-likeness (QED) is 0.833. The maximum absolute atomic E-state index is 5.87. The fourth-order valence-electron chi connectivity index (χ4n) is 2.83. The van der Waals surface area contributed by atoms with Gasteiger partial charge in [0.15, 0.2) is 0 Å². The summed E-state index contributed by atoms with van der Waals surface area (Å²) in [5.74, 6) is 1.92. The van der Waals surface area contributed by atoms with Crippen LogP contribution in [0.3, 0.4) is 0 Å². The molecule has 1 aliphatic carbocycles. The SMILES string of the molecule is CCN(CC)C1=NC(N)=NC(C2CCCCC2)N1.Cl. The third kappa shape index (κ3) is 4.00. The Morgan fingerprint density at radius 3 is 2.42 bits per heavy atom. The lowest BCUT2D eigenvalue weighted by Gasteiger charge is -2.34. The maximum atomic E-state index is 5.87. The van der Waals surface area contributed by atoms with E-state index in [1.54, 1.807) is 0 Å². The van der Waals surface area contributed by atoms with E-state index in [9.17, 15) is 0 Å². The molecule has 1 aliphatic heterocycles. The Kier molecular flexibility index (Phi) is 6.42. The Morgan fingerprint density at radius 1 is 1.21 bits per heavy atom. The second kappa shape index (κ2) is 7.58. The van der Waals surface area contributed by atoms with Crippen LogP contribution in [0.5, 0.6) is 0 Å². The average molecular weight is 288 g/mol. The Balaban J connectivity index is 0.00000180. The molecule has 1 atom stereocenters. The van der Waals surface area contributed by atoms with E-state index in [2.05, 4.69) is 34.0 Å². The second-order valence-corrected chi connectivity index (χ2v) is 5.08. The smallest absolute Gasteiger partial charge is 0.220 e. The normalized spacial score (nSPS) is 23.8. The largest absolute Gasteiger partial charge is 0.368 e. The molecule has 0 bridgehead atoms. The number of nitrogens with two attached hydrogens (primary N) is 1. The molecule has 0 amide bonds. The van der Waals surface area contributed by atoms with Gasteiger partial charge in [-0.3, -0.25) is 0 Å². The summed E-state index contributed by atoms with van der Waals surface area (Å²) in [7, 11) is 0. The summed E-state index contributed by atoms with van der Waals surface area (Å²) in [6.45, 7) is 6.14. The molecule has 1 unspecified atom stereocenters. The van der Waals surface area contributed by atoms with Crippen molar-refractivity contribution in [1.29, 1.82) is 0 Å². The van der Waals surface area contributed by atoms with Crippen molar-refractivity contribution in [2.24, 2.45) is 21.6 Å². The minimum atomic E-state index is 0. The van der Waals surface area contributed by atoms with Gasteiger partial charge in [0.25, 0.3) is 0 Å². The van der Waals surface area contributed by atoms with Crippen molar-refractivity contribution in [1.82, 2.24) is 10.2 Å². The fraction of sp³-hybridized carbons (Fsp3) is 0.846. The third-order valence-electron chi connectivity index (χ3n) is 3.93. The molecule has 0 aromatic heterocycles. The van der Waals surface area contributed by atoms with Crippen LogP contribution in [0.1, 0.15) is 46.0 Å². The summed E-state index contributed by atoms with van der Waals surface area (Å²) in [4.78, 5) is 11.0. The second-order valence-electron chi connectivity index (χ2n) is 5.08. The molecule has 1 heterocycles. The molecular weight excluding hydrogens is 262 g/mol. The van der Waals surface area contributed by atoms with Gasteiger partial charge in [-0.2, -0.15) is 4.99 Å². The number of halogens is 1. The van der Waals surface area contributed by atoms with E-state index in [1.165, 1.54) is 32.1 Å². The standard InChI is InChI=1S/C13H25N5.ClH/c1-3-18(4-2)13-16-11(15-12(14)17-13)10-8-6-5-7-9-10;/h10-11H,3-9H2,1-2H3,(H3,14,15,16,17);1H. The summed E-state index contributed by atoms with van der Waals surface area (Å²) in [6.07, 6.45) is 6.61. The molecule has 19 heavy (non-hydrogen) atoms. The van der Waals surface area contributed by atoms with E-state index in [0.29, 0.717) is 11.9 Å². The van der Waals surface area contributed by atoms with Crippen molar-refractivity contribution in [2.75, 3.05) is 13.1 Å². The summed E-state index contributed by atoms with van der Waals surface area (Å²) >= 11 is 0. The molecule has 0 saturated heterocycles. The first kappa shape index (κ1) is 16.1. The molecule has 5 nitrogen and oxygen atoms in total. The van der Waals surface area contributed by atoms with E-state index in [0.717, 1.165) is 19.0 Å². The number of aliphatic imine (C=N–C) groups is 2. The average Bonchev–Trinajstić information content (AvgIpc) is 2.40. The van der Waals surface area contributed by atoms with Crippen LogP contribution in [-0.4, -0.2) is 36.1 Å². The van der Waals surface area contributed by atoms with E-state index < -0.39 is 0 Å². The molecule has 0 aromatic rings. The van der Waals surface area contributed by atoms with Crippen LogP contribution in [0.25, 0.3) is 0 Å². The Labute approximate surface area is 122 Å². The number of hydrogen-bond acceptors (Lipinski definition) is 5. The number of hydrogen-bond donors (Lipinski definition) is 2. The summed E-state index contributed by atoms with van der Waals surface area (Å²) in [6, 6.07) is 0. The van der Waals surface area contributed by atoms with E-state index in [-0.39, 0.29) is 18.6 Å². The monoisotopic (exact) mass is 287 g/mol. The van der Waals surface area contributed by atoms with Crippen molar-refractivity contribution in [3.05, 3.63) is 0 Å². The van der Waals surface area contributed by atoms with Gasteiger partial charge in [-0.25, -0.2) is 4.99 Å². The molecule has 0 radical (unpaired) electrons. The highest BCUT2D eigenvalue weighted by Gasteiger charge is 2.27. The highest BCUT2D eigenvalue weighted by molar-refractivity contribution is 5.96. The summed E-state index contributed by atoms with van der Waals surface area (Å²) < 4.78 is 0. The van der Waals surface area contributed by atoms with Crippen molar-refractivity contribution in [2.45, 2.75) is 52.1 Å². The highest BCUT2D eigenvalue weighted by Crippen LogP contribution is 2.27. The van der Waals surface area contributed by atoms with Crippen molar-refractivity contribution < 1.29 is 0 Å². The minimum Gasteiger partial charge on any atom is -0.368 e. The molecule has 1 saturated carbocycles. The fourth-order valence-corrected chi connectivity index (χ4v) is 2.83. The van der Waals surface area contributed by atoms with Gasteiger partial charge in [-0.15, -0.1) is 12.4 Å². The van der Waals surface area contributed by atoms with Gasteiger partial charge >= 0.3 is 0 Å². The van der Waals surface area contributed by atoms with Gasteiger partial charge in [-0.05, 0) is 32.6 Å². The van der Waals surface area contributed by atoms with Crippen LogP contribution in [-0.2, 0) is 0 Å². The van der Waals surface area contributed by atoms with Crippen LogP contribution in [0.15, 0.2) is 9.98 Å². The van der Waals surface area contributed by atoms with Crippen molar-refractivity contribution in [3.63, 3.8) is 0 Å². The lowest BCUT2D eigenvalue weighted by molar-refractivity contribution is 0.284. The van der Waals surface area contributed by atoms with Gasteiger partial charge in [0.05, 0.1) is 0 Å². The molecule has 2 aliphatic rings. The molecule has 0 spiro atoms. The van der Waals surface area contributed by atoms with E-state index in [1.807, 2.05) is 0 Å². The third-order valence-corrected chi connectivity index (χ3v) is 3.93. The Hall–Kier alpha value is -0.970. The van der Waals surface area contributed by atoms with Crippen LogP contribution in [0.4, 0.5) is 0 Å². The minimum absolute atomic E-state index is 0. The predicted molar refractivity (Wildman–Crippen MR) is 82.7 cm³/mol. The number of guanidine groups is 2. The molecule has 1 fully saturated rings. The summed E-state index contributed by atoms with van der Waals surface area (Å²) in [5.41, 5.74) is 5.87. The predicted octanol–water partition coefficient (Wildman–Crippen LogP) is 1.93. The van der Waals surface area contributed by atoms with Crippen LogP contribution in [0, 0.1) is 5.92 Å². The zero-order chi connectivity index (χ0) is 13.0. The molecule has 6 heteroatoms. The van der Waals surface area contributed by atoms with Crippen molar-refractivity contribution >= 4 is 24.3 Å². The first-order valence-corrected chi connectivity index (χ1v) is 7.18.